The first-order valence-corrected chi connectivity index (χ1v) is 5.77. The Morgan fingerprint density at radius 2 is 2.00 bits per heavy atom. The number of aryl methyl sites for hydroxylation is 1. The minimum absolute atomic E-state index is 0.641. The average Bonchev–Trinajstić information content (AvgIpc) is 2.28. The maximum absolute atomic E-state index is 4.16. The molecule has 0 saturated heterocycles. The lowest BCUT2D eigenvalue weighted by Gasteiger charge is -2.08. The van der Waals surface area contributed by atoms with Crippen LogP contribution < -0.4 is 5.32 Å². The second-order valence-electron chi connectivity index (χ2n) is 3.55. The summed E-state index contributed by atoms with van der Waals surface area (Å²) in [4.78, 5) is 0. The standard InChI is InChI=1S/C12H12BrN3/c1-8(13)7-14-12-11-6-4-3-5-10(11)9(2)15-16-12/h3-6H,1,7H2,2H3,(H,14,16). The van der Waals surface area contributed by atoms with E-state index >= 15 is 0 Å². The molecule has 2 aromatic rings. The van der Waals surface area contributed by atoms with Crippen LogP contribution in [0.25, 0.3) is 10.8 Å². The van der Waals surface area contributed by atoms with Crippen molar-refractivity contribution < 1.29 is 0 Å². The van der Waals surface area contributed by atoms with Gasteiger partial charge in [0.15, 0.2) is 5.82 Å². The van der Waals surface area contributed by atoms with Crippen molar-refractivity contribution in [1.82, 2.24) is 10.2 Å². The number of benzene rings is 1. The fourth-order valence-electron chi connectivity index (χ4n) is 1.55. The van der Waals surface area contributed by atoms with Crippen LogP contribution in [0.1, 0.15) is 5.69 Å². The van der Waals surface area contributed by atoms with Crippen LogP contribution >= 0.6 is 15.9 Å². The minimum Gasteiger partial charge on any atom is -0.363 e. The summed E-state index contributed by atoms with van der Waals surface area (Å²) in [5.74, 6) is 0.793. The predicted molar refractivity (Wildman–Crippen MR) is 70.8 cm³/mol. The van der Waals surface area contributed by atoms with Crippen molar-refractivity contribution in [1.29, 1.82) is 0 Å². The van der Waals surface area contributed by atoms with E-state index in [-0.39, 0.29) is 0 Å². The number of fused-ring (bicyclic) bond motifs is 1. The van der Waals surface area contributed by atoms with Crippen molar-refractivity contribution in [3.8, 4) is 0 Å². The van der Waals surface area contributed by atoms with Gasteiger partial charge in [0, 0.05) is 21.8 Å². The molecule has 82 valence electrons. The second kappa shape index (κ2) is 4.61. The fraction of sp³-hybridized carbons (Fsp3) is 0.167. The van der Waals surface area contributed by atoms with Gasteiger partial charge >= 0.3 is 0 Å². The molecule has 2 rings (SSSR count). The quantitative estimate of drug-likeness (QED) is 0.936. The van der Waals surface area contributed by atoms with E-state index in [1.54, 1.807) is 0 Å². The lowest BCUT2D eigenvalue weighted by Crippen LogP contribution is -2.05. The predicted octanol–water partition coefficient (Wildman–Crippen LogP) is 3.26. The van der Waals surface area contributed by atoms with Crippen LogP contribution in [0.5, 0.6) is 0 Å². The molecule has 0 atom stereocenters. The largest absolute Gasteiger partial charge is 0.363 e. The van der Waals surface area contributed by atoms with Gasteiger partial charge in [0.25, 0.3) is 0 Å². The third-order valence-electron chi connectivity index (χ3n) is 2.32. The Balaban J connectivity index is 2.46. The van der Waals surface area contributed by atoms with Gasteiger partial charge in [-0.05, 0) is 6.92 Å². The van der Waals surface area contributed by atoms with E-state index in [4.69, 9.17) is 0 Å². The molecule has 0 radical (unpaired) electrons. The first-order valence-electron chi connectivity index (χ1n) is 4.97. The SMILES string of the molecule is C=C(Br)CNc1nnc(C)c2ccccc12. The van der Waals surface area contributed by atoms with Crippen molar-refractivity contribution >= 4 is 32.5 Å². The van der Waals surface area contributed by atoms with Crippen LogP contribution in [-0.4, -0.2) is 16.7 Å². The van der Waals surface area contributed by atoms with Gasteiger partial charge < -0.3 is 5.32 Å². The Morgan fingerprint density at radius 1 is 1.31 bits per heavy atom. The third-order valence-corrected chi connectivity index (χ3v) is 2.60. The lowest BCUT2D eigenvalue weighted by atomic mass is 10.1. The van der Waals surface area contributed by atoms with E-state index in [1.165, 1.54) is 0 Å². The van der Waals surface area contributed by atoms with Gasteiger partial charge in [-0.1, -0.05) is 46.8 Å². The zero-order chi connectivity index (χ0) is 11.5. The molecule has 0 amide bonds. The molecule has 0 aliphatic heterocycles. The summed E-state index contributed by atoms with van der Waals surface area (Å²) < 4.78 is 0.888. The zero-order valence-corrected chi connectivity index (χ0v) is 10.6. The van der Waals surface area contributed by atoms with Gasteiger partial charge in [0.2, 0.25) is 0 Å². The van der Waals surface area contributed by atoms with Gasteiger partial charge in [-0.25, -0.2) is 0 Å². The van der Waals surface area contributed by atoms with Crippen molar-refractivity contribution in [3.63, 3.8) is 0 Å². The van der Waals surface area contributed by atoms with Crippen molar-refractivity contribution in [2.24, 2.45) is 0 Å². The van der Waals surface area contributed by atoms with Gasteiger partial charge in [0.05, 0.1) is 5.69 Å². The number of hydrogen-bond acceptors (Lipinski definition) is 3. The van der Waals surface area contributed by atoms with Crippen LogP contribution in [0, 0.1) is 6.92 Å². The van der Waals surface area contributed by atoms with Crippen LogP contribution in [0.15, 0.2) is 35.3 Å². The van der Waals surface area contributed by atoms with E-state index < -0.39 is 0 Å². The molecule has 0 saturated carbocycles. The first-order chi connectivity index (χ1) is 7.68. The summed E-state index contributed by atoms with van der Waals surface area (Å²) in [6.07, 6.45) is 0. The molecular weight excluding hydrogens is 266 g/mol. The van der Waals surface area contributed by atoms with Crippen molar-refractivity contribution in [2.45, 2.75) is 6.92 Å². The topological polar surface area (TPSA) is 37.8 Å². The molecule has 0 bridgehead atoms. The molecule has 1 aromatic carbocycles. The number of anilines is 1. The lowest BCUT2D eigenvalue weighted by molar-refractivity contribution is 0.997. The molecule has 0 fully saturated rings. The number of nitrogens with one attached hydrogen (secondary N) is 1. The summed E-state index contributed by atoms with van der Waals surface area (Å²) in [6.45, 7) is 6.38. The Morgan fingerprint density at radius 3 is 2.69 bits per heavy atom. The molecule has 1 N–H and O–H groups in total. The average molecular weight is 278 g/mol. The maximum Gasteiger partial charge on any atom is 0.156 e. The number of rotatable bonds is 3. The molecule has 0 spiro atoms. The highest BCUT2D eigenvalue weighted by Crippen LogP contribution is 2.22. The Bertz CT molecular complexity index is 537. The van der Waals surface area contributed by atoms with Crippen LogP contribution in [0.4, 0.5) is 5.82 Å². The molecule has 4 heteroatoms. The van der Waals surface area contributed by atoms with Crippen LogP contribution in [0.2, 0.25) is 0 Å². The van der Waals surface area contributed by atoms with Gasteiger partial charge in [-0.15, -0.1) is 5.10 Å². The maximum atomic E-state index is 4.16. The number of hydrogen-bond donors (Lipinski definition) is 1. The van der Waals surface area contributed by atoms with Crippen molar-refractivity contribution in [2.75, 3.05) is 11.9 Å². The normalized spacial score (nSPS) is 10.4. The number of nitrogens with zero attached hydrogens (tertiary/aromatic N) is 2. The van der Waals surface area contributed by atoms with E-state index in [2.05, 4.69) is 38.0 Å². The highest BCUT2D eigenvalue weighted by Gasteiger charge is 2.05. The summed E-state index contributed by atoms with van der Waals surface area (Å²) in [5, 5.41) is 13.7. The molecule has 0 aliphatic rings. The van der Waals surface area contributed by atoms with Gasteiger partial charge in [0.1, 0.15) is 0 Å². The fourth-order valence-corrected chi connectivity index (χ4v) is 1.69. The molecule has 1 aromatic heterocycles. The second-order valence-corrected chi connectivity index (χ2v) is 4.67. The molecular formula is C12H12BrN3. The van der Waals surface area contributed by atoms with E-state index in [1.807, 2.05) is 31.2 Å². The van der Waals surface area contributed by atoms with Crippen LogP contribution in [0.3, 0.4) is 0 Å². The van der Waals surface area contributed by atoms with E-state index in [0.29, 0.717) is 6.54 Å². The van der Waals surface area contributed by atoms with Crippen LogP contribution in [-0.2, 0) is 0 Å². The van der Waals surface area contributed by atoms with E-state index in [9.17, 15) is 0 Å². The summed E-state index contributed by atoms with van der Waals surface area (Å²) in [6, 6.07) is 8.09. The highest BCUT2D eigenvalue weighted by molar-refractivity contribution is 9.11. The summed E-state index contributed by atoms with van der Waals surface area (Å²) >= 11 is 3.31. The minimum atomic E-state index is 0.641. The Labute approximate surface area is 103 Å². The Hall–Kier alpha value is -1.42. The molecule has 0 unspecified atom stereocenters. The summed E-state index contributed by atoms with van der Waals surface area (Å²) in [7, 11) is 0. The smallest absolute Gasteiger partial charge is 0.156 e. The van der Waals surface area contributed by atoms with Gasteiger partial charge in [-0.3, -0.25) is 0 Å². The van der Waals surface area contributed by atoms with E-state index in [0.717, 1.165) is 26.8 Å². The summed E-state index contributed by atoms with van der Waals surface area (Å²) in [5.41, 5.74) is 0.943. The Kier molecular flexibility index (Phi) is 3.19. The zero-order valence-electron chi connectivity index (χ0n) is 9.00. The highest BCUT2D eigenvalue weighted by atomic mass is 79.9. The molecule has 3 nitrogen and oxygen atoms in total. The monoisotopic (exact) mass is 277 g/mol. The van der Waals surface area contributed by atoms with Crippen molar-refractivity contribution in [3.05, 3.63) is 41.0 Å². The number of aromatic nitrogens is 2. The van der Waals surface area contributed by atoms with Gasteiger partial charge in [-0.2, -0.15) is 5.10 Å². The molecule has 0 aliphatic carbocycles. The number of halogens is 1. The molecule has 1 heterocycles. The molecule has 16 heavy (non-hydrogen) atoms. The third kappa shape index (κ3) is 2.22. The first kappa shape index (κ1) is 11.1.